The van der Waals surface area contributed by atoms with Crippen molar-refractivity contribution in [1.29, 1.82) is 0 Å². The second kappa shape index (κ2) is 8.14. The maximum atomic E-state index is 13.4. The highest BCUT2D eigenvalue weighted by Crippen LogP contribution is 2.47. The summed E-state index contributed by atoms with van der Waals surface area (Å²) in [5.41, 5.74) is 0.753. The van der Waals surface area contributed by atoms with Crippen molar-refractivity contribution < 1.29 is 21.6 Å². The Balaban J connectivity index is 1.36. The Morgan fingerprint density at radius 2 is 1.61 bits per heavy atom. The SMILES string of the molecule is O=S(=O)(c1ccc(C(F)(F)F)cc1)N1CCSC12CCN(c1cnc3ccccc3n1)CC2. The minimum Gasteiger partial charge on any atom is -0.355 e. The van der Waals surface area contributed by atoms with Gasteiger partial charge in [-0.05, 0) is 49.2 Å². The molecule has 6 nitrogen and oxygen atoms in total. The molecule has 0 atom stereocenters. The number of nitrogens with zero attached hydrogens (tertiary/aromatic N) is 4. The molecule has 0 radical (unpaired) electrons. The van der Waals surface area contributed by atoms with Crippen molar-refractivity contribution in [3.8, 4) is 0 Å². The van der Waals surface area contributed by atoms with Crippen LogP contribution in [0.1, 0.15) is 18.4 Å². The van der Waals surface area contributed by atoms with Gasteiger partial charge in [-0.2, -0.15) is 17.5 Å². The Morgan fingerprint density at radius 1 is 0.939 bits per heavy atom. The molecule has 0 aliphatic carbocycles. The molecule has 0 unspecified atom stereocenters. The van der Waals surface area contributed by atoms with E-state index < -0.39 is 26.6 Å². The fraction of sp³-hybridized carbons (Fsp3) is 0.364. The van der Waals surface area contributed by atoms with Crippen molar-refractivity contribution in [1.82, 2.24) is 14.3 Å². The second-order valence-electron chi connectivity index (χ2n) is 8.10. The summed E-state index contributed by atoms with van der Waals surface area (Å²) in [6.45, 7) is 1.56. The molecule has 1 spiro atoms. The predicted molar refractivity (Wildman–Crippen MR) is 122 cm³/mol. The zero-order valence-corrected chi connectivity index (χ0v) is 19.1. The summed E-state index contributed by atoms with van der Waals surface area (Å²) in [6.07, 6.45) is -1.59. The lowest BCUT2D eigenvalue weighted by atomic mass is 10.0. The molecule has 0 saturated carbocycles. The summed E-state index contributed by atoms with van der Waals surface area (Å²) in [5, 5.41) is 0. The zero-order valence-electron chi connectivity index (χ0n) is 17.5. The van der Waals surface area contributed by atoms with Gasteiger partial charge in [0, 0.05) is 25.4 Å². The highest BCUT2D eigenvalue weighted by Gasteiger charge is 2.50. The van der Waals surface area contributed by atoms with Crippen LogP contribution in [-0.2, 0) is 16.2 Å². The normalized spacial score (nSPS) is 19.4. The maximum Gasteiger partial charge on any atom is 0.416 e. The first-order valence-corrected chi connectivity index (χ1v) is 12.9. The van der Waals surface area contributed by atoms with E-state index in [0.717, 1.165) is 41.1 Å². The van der Waals surface area contributed by atoms with Crippen LogP contribution < -0.4 is 4.90 Å². The Kier molecular flexibility index (Phi) is 5.53. The highest BCUT2D eigenvalue weighted by molar-refractivity contribution is 8.02. The van der Waals surface area contributed by atoms with Crippen LogP contribution in [-0.4, -0.2) is 52.9 Å². The molecule has 2 saturated heterocycles. The van der Waals surface area contributed by atoms with E-state index in [2.05, 4.69) is 9.88 Å². The van der Waals surface area contributed by atoms with Gasteiger partial charge in [0.05, 0.1) is 32.6 Å². The summed E-state index contributed by atoms with van der Waals surface area (Å²) in [6, 6.07) is 11.4. The number of thioether (sulfide) groups is 1. The van der Waals surface area contributed by atoms with Crippen molar-refractivity contribution in [3.05, 3.63) is 60.3 Å². The number of alkyl halides is 3. The summed E-state index contributed by atoms with van der Waals surface area (Å²) < 4.78 is 66.9. The molecule has 11 heteroatoms. The molecule has 0 amide bonds. The van der Waals surface area contributed by atoms with Crippen LogP contribution >= 0.6 is 11.8 Å². The molecule has 5 rings (SSSR count). The fourth-order valence-corrected chi connectivity index (χ4v) is 8.07. The van der Waals surface area contributed by atoms with Crippen molar-refractivity contribution in [2.45, 2.75) is 28.8 Å². The number of hydrogen-bond donors (Lipinski definition) is 0. The average Bonchev–Trinajstić information content (AvgIpc) is 3.22. The molecule has 0 bridgehead atoms. The molecule has 2 fully saturated rings. The average molecular weight is 495 g/mol. The molecule has 1 aromatic heterocycles. The number of sulfonamides is 1. The van der Waals surface area contributed by atoms with E-state index in [-0.39, 0.29) is 4.90 Å². The molecular weight excluding hydrogens is 473 g/mol. The molecular formula is C22H21F3N4O2S2. The molecule has 2 aliphatic heterocycles. The topological polar surface area (TPSA) is 66.4 Å². The number of piperidine rings is 1. The van der Waals surface area contributed by atoms with Gasteiger partial charge in [0.2, 0.25) is 10.0 Å². The number of rotatable bonds is 3. The van der Waals surface area contributed by atoms with Gasteiger partial charge in [-0.25, -0.2) is 13.4 Å². The maximum absolute atomic E-state index is 13.4. The van der Waals surface area contributed by atoms with Gasteiger partial charge in [0.15, 0.2) is 0 Å². The van der Waals surface area contributed by atoms with E-state index in [1.165, 1.54) is 4.31 Å². The number of fused-ring (bicyclic) bond motifs is 1. The summed E-state index contributed by atoms with van der Waals surface area (Å²) in [5.74, 6) is 1.40. The first-order valence-electron chi connectivity index (χ1n) is 10.5. The molecule has 0 N–H and O–H groups in total. The number of anilines is 1. The van der Waals surface area contributed by atoms with Gasteiger partial charge < -0.3 is 4.90 Å². The monoisotopic (exact) mass is 494 g/mol. The number of hydrogen-bond acceptors (Lipinski definition) is 6. The third-order valence-electron chi connectivity index (χ3n) is 6.19. The quantitative estimate of drug-likeness (QED) is 0.538. The molecule has 33 heavy (non-hydrogen) atoms. The van der Waals surface area contributed by atoms with E-state index in [4.69, 9.17) is 4.98 Å². The zero-order chi connectivity index (χ0) is 23.3. The number of halogens is 3. The first kappa shape index (κ1) is 22.4. The van der Waals surface area contributed by atoms with E-state index in [1.54, 1.807) is 18.0 Å². The van der Waals surface area contributed by atoms with E-state index in [1.807, 2.05) is 24.3 Å². The van der Waals surface area contributed by atoms with Crippen molar-refractivity contribution in [2.24, 2.45) is 0 Å². The van der Waals surface area contributed by atoms with Crippen molar-refractivity contribution in [3.63, 3.8) is 0 Å². The van der Waals surface area contributed by atoms with Crippen LogP contribution in [0.5, 0.6) is 0 Å². The van der Waals surface area contributed by atoms with Crippen LogP contribution in [0.4, 0.5) is 19.0 Å². The standard InChI is InChI=1S/C22H21F3N4O2S2/c23-22(24,25)16-5-7-17(8-6-16)33(30,31)29-13-14-32-21(29)9-11-28(12-10-21)20-15-26-18-3-1-2-4-19(18)27-20/h1-8,15H,9-14H2. The highest BCUT2D eigenvalue weighted by atomic mass is 32.2. The minimum atomic E-state index is -4.51. The molecule has 3 aromatic rings. The van der Waals surface area contributed by atoms with E-state index in [0.29, 0.717) is 38.2 Å². The van der Waals surface area contributed by atoms with Gasteiger partial charge in [0.25, 0.3) is 0 Å². The summed E-state index contributed by atoms with van der Waals surface area (Å²) in [4.78, 5) is 10.5. The van der Waals surface area contributed by atoms with E-state index >= 15 is 0 Å². The third kappa shape index (κ3) is 4.06. The lowest BCUT2D eigenvalue weighted by molar-refractivity contribution is -0.137. The molecule has 3 heterocycles. The van der Waals surface area contributed by atoms with Gasteiger partial charge in [-0.15, -0.1) is 11.8 Å². The Labute approximate surface area is 193 Å². The smallest absolute Gasteiger partial charge is 0.355 e. The van der Waals surface area contributed by atoms with Crippen LogP contribution in [0.3, 0.4) is 0 Å². The largest absolute Gasteiger partial charge is 0.416 e. The summed E-state index contributed by atoms with van der Waals surface area (Å²) in [7, 11) is -3.92. The molecule has 174 valence electrons. The first-order chi connectivity index (χ1) is 15.7. The van der Waals surface area contributed by atoms with E-state index in [9.17, 15) is 21.6 Å². The number of para-hydroxylation sites is 2. The van der Waals surface area contributed by atoms with Crippen LogP contribution in [0, 0.1) is 0 Å². The lowest BCUT2D eigenvalue weighted by Crippen LogP contribution is -2.52. The Hall–Kier alpha value is -2.37. The Bertz CT molecular complexity index is 1270. The fourth-order valence-electron chi connectivity index (χ4n) is 4.46. The van der Waals surface area contributed by atoms with Crippen molar-refractivity contribution in [2.75, 3.05) is 30.3 Å². The summed E-state index contributed by atoms with van der Waals surface area (Å²) >= 11 is 1.61. The van der Waals surface area contributed by atoms with Crippen LogP contribution in [0.2, 0.25) is 0 Å². The van der Waals surface area contributed by atoms with Gasteiger partial charge in [-0.1, -0.05) is 12.1 Å². The van der Waals surface area contributed by atoms with Crippen LogP contribution in [0.15, 0.2) is 59.6 Å². The van der Waals surface area contributed by atoms with Gasteiger partial charge in [-0.3, -0.25) is 4.98 Å². The number of benzene rings is 2. The second-order valence-corrected chi connectivity index (χ2v) is 11.4. The van der Waals surface area contributed by atoms with Gasteiger partial charge >= 0.3 is 6.18 Å². The van der Waals surface area contributed by atoms with Crippen molar-refractivity contribution >= 4 is 38.6 Å². The minimum absolute atomic E-state index is 0.111. The predicted octanol–water partition coefficient (Wildman–Crippen LogP) is 4.38. The third-order valence-corrected chi connectivity index (χ3v) is 9.84. The lowest BCUT2D eigenvalue weighted by Gasteiger charge is -2.43. The number of aromatic nitrogens is 2. The van der Waals surface area contributed by atoms with Gasteiger partial charge in [0.1, 0.15) is 5.82 Å². The Morgan fingerprint density at radius 3 is 2.27 bits per heavy atom. The molecule has 2 aliphatic rings. The molecule has 2 aromatic carbocycles. The van der Waals surface area contributed by atoms with Crippen LogP contribution in [0.25, 0.3) is 11.0 Å².